The maximum atomic E-state index is 13.5. The van der Waals surface area contributed by atoms with Gasteiger partial charge in [-0.2, -0.15) is 13.2 Å². The predicted molar refractivity (Wildman–Crippen MR) is 217 cm³/mol. The molecule has 58 heavy (non-hydrogen) atoms. The fourth-order valence-electron chi connectivity index (χ4n) is 12.6. The molecule has 0 unspecified atom stereocenters. The maximum Gasteiger partial charge on any atom is 0.490 e. The average molecular weight is 805 g/mol. The Hall–Kier alpha value is -3.44. The van der Waals surface area contributed by atoms with Gasteiger partial charge in [0.1, 0.15) is 0 Å². The van der Waals surface area contributed by atoms with Gasteiger partial charge in [0.15, 0.2) is 0 Å². The number of carbonyl (C=O) groups excluding carboxylic acids is 2. The zero-order chi connectivity index (χ0) is 40.4. The molecule has 2 amide bonds. The predicted octanol–water partition coefficient (Wildman–Crippen LogP) is 9.87. The molecule has 8 nitrogen and oxygen atoms in total. The first kappa shape index (κ1) is 41.3. The molecule has 9 rings (SSSR count). The van der Waals surface area contributed by atoms with Crippen LogP contribution in [0.4, 0.5) is 13.2 Å². The number of halogens is 3. The van der Waals surface area contributed by atoms with Crippen LogP contribution < -0.4 is 10.6 Å². The number of carbonyl (C=O) groups is 3. The molecule has 7 aliphatic rings. The van der Waals surface area contributed by atoms with Gasteiger partial charge in [-0.25, -0.2) is 4.79 Å². The SMILES string of the molecule is O=C(CC1(CC(=O)NC2CCC(CCN3[C@@H]4CC[C@H]3c3ccccc34)CC2)CCCC1)NC1CCC(CCN2[C@@H]3CC[C@H]2c2ccccc23)CC1.O=C(O)C(F)(F)F. The minimum Gasteiger partial charge on any atom is -0.475 e. The summed E-state index contributed by atoms with van der Waals surface area (Å²) in [5, 5.41) is 14.0. The van der Waals surface area contributed by atoms with E-state index in [1.807, 2.05) is 0 Å². The van der Waals surface area contributed by atoms with Gasteiger partial charge in [0.25, 0.3) is 0 Å². The van der Waals surface area contributed by atoms with Crippen LogP contribution in [-0.2, 0) is 14.4 Å². The van der Waals surface area contributed by atoms with Crippen LogP contribution >= 0.6 is 0 Å². The molecule has 4 atom stereocenters. The highest BCUT2D eigenvalue weighted by molar-refractivity contribution is 5.81. The van der Waals surface area contributed by atoms with Crippen molar-refractivity contribution in [1.29, 1.82) is 0 Å². The molecule has 11 heteroatoms. The summed E-state index contributed by atoms with van der Waals surface area (Å²) < 4.78 is 31.7. The van der Waals surface area contributed by atoms with E-state index in [0.29, 0.717) is 49.1 Å². The average Bonchev–Trinajstić information content (AvgIpc) is 4.05. The van der Waals surface area contributed by atoms with E-state index in [1.54, 1.807) is 22.3 Å². The lowest BCUT2D eigenvalue weighted by Gasteiger charge is -2.34. The molecule has 2 aromatic carbocycles. The minimum atomic E-state index is -5.08. The van der Waals surface area contributed by atoms with Crippen molar-refractivity contribution in [2.75, 3.05) is 13.1 Å². The highest BCUT2D eigenvalue weighted by atomic mass is 19.4. The van der Waals surface area contributed by atoms with E-state index in [1.165, 1.54) is 77.3 Å². The van der Waals surface area contributed by atoms with Gasteiger partial charge < -0.3 is 15.7 Å². The van der Waals surface area contributed by atoms with Crippen LogP contribution in [0.15, 0.2) is 48.5 Å². The van der Waals surface area contributed by atoms with E-state index in [0.717, 1.165) is 63.2 Å². The topological polar surface area (TPSA) is 102 Å². The van der Waals surface area contributed by atoms with Crippen LogP contribution in [-0.4, -0.2) is 64.0 Å². The molecule has 2 aromatic rings. The Balaban J connectivity index is 0.000000617. The summed E-state index contributed by atoms with van der Waals surface area (Å²) in [5.41, 5.74) is 6.19. The van der Waals surface area contributed by atoms with Crippen LogP contribution in [0.3, 0.4) is 0 Å². The maximum absolute atomic E-state index is 13.5. The van der Waals surface area contributed by atoms with E-state index >= 15 is 0 Å². The number of hydrogen-bond acceptors (Lipinski definition) is 5. The Morgan fingerprint density at radius 2 is 0.914 bits per heavy atom. The van der Waals surface area contributed by atoms with Crippen LogP contribution in [0.5, 0.6) is 0 Å². The molecule has 0 radical (unpaired) electrons. The number of amides is 2. The number of carboxylic acid groups (broad SMARTS) is 1. The molecule has 5 fully saturated rings. The Kier molecular flexibility index (Phi) is 12.6. The second kappa shape index (κ2) is 17.6. The second-order valence-corrected chi connectivity index (χ2v) is 19.0. The summed E-state index contributed by atoms with van der Waals surface area (Å²) in [4.78, 5) is 41.4. The van der Waals surface area contributed by atoms with Crippen molar-refractivity contribution in [3.8, 4) is 0 Å². The van der Waals surface area contributed by atoms with Crippen molar-refractivity contribution in [3.63, 3.8) is 0 Å². The van der Waals surface area contributed by atoms with Crippen molar-refractivity contribution < 1.29 is 32.7 Å². The first-order valence-electron chi connectivity index (χ1n) is 22.5. The van der Waals surface area contributed by atoms with Gasteiger partial charge in [-0.15, -0.1) is 0 Å². The molecule has 4 bridgehead atoms. The number of hydrogen-bond donors (Lipinski definition) is 3. The summed E-state index contributed by atoms with van der Waals surface area (Å²) in [6.07, 6.45) is 17.4. The number of nitrogens with zero attached hydrogens (tertiary/aromatic N) is 2. The fraction of sp³-hybridized carbons (Fsp3) is 0.681. The Bertz CT molecular complexity index is 1590. The third-order valence-electron chi connectivity index (χ3n) is 15.4. The zero-order valence-electron chi connectivity index (χ0n) is 34.0. The minimum absolute atomic E-state index is 0.151. The summed E-state index contributed by atoms with van der Waals surface area (Å²) in [6.45, 7) is 2.43. The Morgan fingerprint density at radius 1 is 0.586 bits per heavy atom. The van der Waals surface area contributed by atoms with Gasteiger partial charge in [0.05, 0.1) is 0 Å². The molecular formula is C47H63F3N4O4. The van der Waals surface area contributed by atoms with Crippen molar-refractivity contribution in [3.05, 3.63) is 70.8 Å². The van der Waals surface area contributed by atoms with Gasteiger partial charge in [0, 0.05) is 49.1 Å². The monoisotopic (exact) mass is 804 g/mol. The second-order valence-electron chi connectivity index (χ2n) is 19.0. The molecule has 3 N–H and O–H groups in total. The van der Waals surface area contributed by atoms with E-state index in [9.17, 15) is 22.8 Å². The molecule has 316 valence electrons. The molecule has 3 saturated carbocycles. The van der Waals surface area contributed by atoms with E-state index in [4.69, 9.17) is 9.90 Å². The number of rotatable bonds is 12. The van der Waals surface area contributed by atoms with Crippen molar-refractivity contribution >= 4 is 17.8 Å². The number of nitrogens with one attached hydrogen (secondary N) is 2. The summed E-state index contributed by atoms with van der Waals surface area (Å²) >= 11 is 0. The van der Waals surface area contributed by atoms with Gasteiger partial charge in [-0.1, -0.05) is 61.4 Å². The van der Waals surface area contributed by atoms with Crippen molar-refractivity contribution in [2.24, 2.45) is 17.3 Å². The van der Waals surface area contributed by atoms with Crippen molar-refractivity contribution in [2.45, 2.75) is 171 Å². The third-order valence-corrected chi connectivity index (χ3v) is 15.4. The van der Waals surface area contributed by atoms with Crippen molar-refractivity contribution in [1.82, 2.24) is 20.4 Å². The van der Waals surface area contributed by atoms with Gasteiger partial charge in [0.2, 0.25) is 11.8 Å². The molecule has 2 saturated heterocycles. The van der Waals surface area contributed by atoms with E-state index in [2.05, 4.69) is 69.0 Å². The first-order chi connectivity index (χ1) is 28.0. The first-order valence-corrected chi connectivity index (χ1v) is 22.5. The highest BCUT2D eigenvalue weighted by Crippen LogP contribution is 2.54. The Labute approximate surface area is 342 Å². The molecule has 0 aromatic heterocycles. The molecule has 4 aliphatic heterocycles. The summed E-state index contributed by atoms with van der Waals surface area (Å²) in [5.74, 6) is -0.824. The lowest BCUT2D eigenvalue weighted by Crippen LogP contribution is -2.43. The van der Waals surface area contributed by atoms with E-state index in [-0.39, 0.29) is 17.2 Å². The lowest BCUT2D eigenvalue weighted by atomic mass is 9.78. The van der Waals surface area contributed by atoms with Crippen LogP contribution in [0.1, 0.15) is 175 Å². The van der Waals surface area contributed by atoms with Crippen LogP contribution in [0, 0.1) is 17.3 Å². The summed E-state index contributed by atoms with van der Waals surface area (Å²) in [6, 6.07) is 21.4. The number of benzene rings is 2. The van der Waals surface area contributed by atoms with Gasteiger partial charge in [-0.3, -0.25) is 19.4 Å². The van der Waals surface area contributed by atoms with Gasteiger partial charge in [-0.05, 0) is 155 Å². The quantitative estimate of drug-likeness (QED) is 0.198. The van der Waals surface area contributed by atoms with E-state index < -0.39 is 12.1 Å². The van der Waals surface area contributed by atoms with Crippen LogP contribution in [0.25, 0.3) is 0 Å². The number of fused-ring (bicyclic) bond motifs is 10. The largest absolute Gasteiger partial charge is 0.490 e. The zero-order valence-corrected chi connectivity index (χ0v) is 34.0. The number of alkyl halides is 3. The molecular weight excluding hydrogens is 742 g/mol. The molecule has 4 heterocycles. The van der Waals surface area contributed by atoms with Gasteiger partial charge >= 0.3 is 12.1 Å². The summed E-state index contributed by atoms with van der Waals surface area (Å²) in [7, 11) is 0. The van der Waals surface area contributed by atoms with Crippen LogP contribution in [0.2, 0.25) is 0 Å². The molecule has 3 aliphatic carbocycles. The standard InChI is InChI=1S/C45H62N4O2.C2HF3O2/c50-43(46-33-15-11-31(12-16-33)23-27-48-39-19-20-40(48)36-8-2-1-7-35(36)39)29-45(25-5-6-26-45)30-44(51)47-34-17-13-32(14-18-34)24-28-49-41-21-22-42(49)38-10-4-3-9-37(38)41;3-2(4,5)1(6)7/h1-4,7-10,31-34,39-42H,5-6,11-30H2,(H,46,50)(H,47,51);(H,6,7)/t31?,32?,33?,34?,39-,40+,41-,42+;. The number of aliphatic carboxylic acids is 1. The fourth-order valence-corrected chi connectivity index (χ4v) is 12.6. The molecule has 0 spiro atoms. The highest BCUT2D eigenvalue weighted by Gasteiger charge is 2.45. The normalized spacial score (nSPS) is 30.9. The third kappa shape index (κ3) is 9.15. The lowest BCUT2D eigenvalue weighted by molar-refractivity contribution is -0.192. The Morgan fingerprint density at radius 3 is 1.22 bits per heavy atom. The smallest absolute Gasteiger partial charge is 0.475 e. The number of carboxylic acids is 1.